The predicted molar refractivity (Wildman–Crippen MR) is 71.9 cm³/mol. The van der Waals surface area contributed by atoms with E-state index in [1.165, 1.54) is 25.7 Å². The number of hydrogen-bond donors (Lipinski definition) is 1. The topological polar surface area (TPSA) is 32.3 Å². The molecule has 0 spiro atoms. The molecule has 102 valence electrons. The smallest absolute Gasteiger partial charge is 0.238 e. The number of nitrogens with zero attached hydrogens (tertiary/aromatic N) is 1. The zero-order valence-electron chi connectivity index (χ0n) is 11.9. The van der Waals surface area contributed by atoms with E-state index in [-0.39, 0.29) is 6.17 Å². The second kappa shape index (κ2) is 4.52. The number of carbonyl (C=O) groups is 1. The lowest BCUT2D eigenvalue weighted by atomic mass is 9.83. The van der Waals surface area contributed by atoms with Crippen LogP contribution in [0.5, 0.6) is 0 Å². The number of nitrogens with one attached hydrogen (secondary N) is 1. The van der Waals surface area contributed by atoms with Crippen molar-refractivity contribution in [2.24, 2.45) is 23.7 Å². The van der Waals surface area contributed by atoms with E-state index < -0.39 is 0 Å². The lowest BCUT2D eigenvalue weighted by Crippen LogP contribution is -2.49. The van der Waals surface area contributed by atoms with Gasteiger partial charge in [-0.3, -0.25) is 10.1 Å². The van der Waals surface area contributed by atoms with Crippen molar-refractivity contribution in [2.45, 2.75) is 58.7 Å². The Kier molecular flexibility index (Phi) is 3.13. The van der Waals surface area contributed by atoms with E-state index in [9.17, 15) is 4.79 Å². The minimum atomic E-state index is 0.256. The summed E-state index contributed by atoms with van der Waals surface area (Å²) < 4.78 is 0. The molecule has 0 aromatic heterocycles. The Balaban J connectivity index is 1.74. The molecular weight excluding hydrogens is 224 g/mol. The number of hydrogen-bond acceptors (Lipinski definition) is 2. The fraction of sp³-hybridized carbons (Fsp3) is 0.933. The van der Waals surface area contributed by atoms with Crippen molar-refractivity contribution in [3.63, 3.8) is 0 Å². The maximum absolute atomic E-state index is 12.2. The minimum Gasteiger partial charge on any atom is -0.323 e. The van der Waals surface area contributed by atoms with Gasteiger partial charge in [0.1, 0.15) is 0 Å². The molecule has 3 nitrogen and oxygen atoms in total. The normalized spacial score (nSPS) is 41.1. The lowest BCUT2D eigenvalue weighted by Gasteiger charge is -2.39. The summed E-state index contributed by atoms with van der Waals surface area (Å²) in [4.78, 5) is 14.3. The van der Waals surface area contributed by atoms with Gasteiger partial charge in [0.15, 0.2) is 0 Å². The number of carbonyl (C=O) groups excluding carboxylic acids is 1. The highest BCUT2D eigenvalue weighted by Crippen LogP contribution is 2.50. The Labute approximate surface area is 110 Å². The van der Waals surface area contributed by atoms with Crippen molar-refractivity contribution in [1.82, 2.24) is 10.2 Å². The molecule has 5 unspecified atom stereocenters. The quantitative estimate of drug-likeness (QED) is 0.833. The average molecular weight is 250 g/mol. The van der Waals surface area contributed by atoms with Gasteiger partial charge in [-0.25, -0.2) is 0 Å². The molecule has 3 aliphatic rings. The van der Waals surface area contributed by atoms with Gasteiger partial charge < -0.3 is 4.90 Å². The molecule has 1 heterocycles. The number of amides is 1. The Bertz CT molecular complexity index is 341. The van der Waals surface area contributed by atoms with Crippen molar-refractivity contribution in [3.05, 3.63) is 0 Å². The Morgan fingerprint density at radius 3 is 2.56 bits per heavy atom. The fourth-order valence-electron chi connectivity index (χ4n) is 4.67. The van der Waals surface area contributed by atoms with Crippen LogP contribution in [0, 0.1) is 23.7 Å². The molecule has 3 heteroatoms. The van der Waals surface area contributed by atoms with Crippen LogP contribution in [0.4, 0.5) is 0 Å². The maximum Gasteiger partial charge on any atom is 0.238 e. The summed E-state index contributed by atoms with van der Waals surface area (Å²) in [6.45, 7) is 7.23. The Morgan fingerprint density at radius 2 is 2.00 bits per heavy atom. The summed E-state index contributed by atoms with van der Waals surface area (Å²) in [6, 6.07) is 0.426. The Morgan fingerprint density at radius 1 is 1.22 bits per heavy atom. The first kappa shape index (κ1) is 12.5. The highest BCUT2D eigenvalue weighted by Gasteiger charge is 2.46. The SMILES string of the molecule is CC(C)C1NCC(=O)N1C(C)C1CC2CCC1C2. The molecular formula is C15H26N2O. The van der Waals surface area contributed by atoms with Gasteiger partial charge in [-0.2, -0.15) is 0 Å². The van der Waals surface area contributed by atoms with E-state index in [0.717, 1.165) is 17.8 Å². The third-order valence-corrected chi connectivity index (χ3v) is 5.53. The van der Waals surface area contributed by atoms with E-state index in [1.807, 2.05) is 0 Å². The molecule has 1 aliphatic heterocycles. The minimum absolute atomic E-state index is 0.256. The van der Waals surface area contributed by atoms with Crippen LogP contribution in [0.2, 0.25) is 0 Å². The van der Waals surface area contributed by atoms with Crippen LogP contribution in [-0.4, -0.2) is 29.6 Å². The van der Waals surface area contributed by atoms with Gasteiger partial charge in [0.2, 0.25) is 5.91 Å². The zero-order valence-corrected chi connectivity index (χ0v) is 11.9. The molecule has 1 amide bonds. The van der Waals surface area contributed by atoms with Gasteiger partial charge in [0, 0.05) is 6.04 Å². The number of fused-ring (bicyclic) bond motifs is 2. The van der Waals surface area contributed by atoms with Gasteiger partial charge in [-0.15, -0.1) is 0 Å². The van der Waals surface area contributed by atoms with Crippen molar-refractivity contribution in [1.29, 1.82) is 0 Å². The van der Waals surface area contributed by atoms with Crippen molar-refractivity contribution < 1.29 is 4.79 Å². The first-order chi connectivity index (χ1) is 8.58. The zero-order chi connectivity index (χ0) is 12.9. The fourth-order valence-corrected chi connectivity index (χ4v) is 4.67. The van der Waals surface area contributed by atoms with Crippen molar-refractivity contribution in [3.8, 4) is 0 Å². The Hall–Kier alpha value is -0.570. The molecule has 3 rings (SSSR count). The van der Waals surface area contributed by atoms with Crippen LogP contribution >= 0.6 is 0 Å². The summed E-state index contributed by atoms with van der Waals surface area (Å²) in [7, 11) is 0. The van der Waals surface area contributed by atoms with Crippen LogP contribution in [0.15, 0.2) is 0 Å². The van der Waals surface area contributed by atoms with Crippen LogP contribution in [0.3, 0.4) is 0 Å². The maximum atomic E-state index is 12.2. The summed E-state index contributed by atoms with van der Waals surface area (Å²) in [5.74, 6) is 3.42. The van der Waals surface area contributed by atoms with E-state index in [2.05, 4.69) is 31.0 Å². The number of rotatable bonds is 3. The summed E-state index contributed by atoms with van der Waals surface area (Å²) in [5.41, 5.74) is 0. The van der Waals surface area contributed by atoms with Crippen molar-refractivity contribution >= 4 is 5.91 Å². The van der Waals surface area contributed by atoms with Gasteiger partial charge in [0.25, 0.3) is 0 Å². The van der Waals surface area contributed by atoms with E-state index in [0.29, 0.717) is 24.4 Å². The molecule has 18 heavy (non-hydrogen) atoms. The van der Waals surface area contributed by atoms with Crippen molar-refractivity contribution in [2.75, 3.05) is 6.54 Å². The first-order valence-corrected chi connectivity index (χ1v) is 7.62. The molecule has 0 aromatic rings. The molecule has 1 saturated heterocycles. The second-order valence-electron chi connectivity index (χ2n) is 6.95. The second-order valence-corrected chi connectivity index (χ2v) is 6.95. The molecule has 2 saturated carbocycles. The largest absolute Gasteiger partial charge is 0.323 e. The van der Waals surface area contributed by atoms with E-state index >= 15 is 0 Å². The third-order valence-electron chi connectivity index (χ3n) is 5.53. The molecule has 2 aliphatic carbocycles. The third kappa shape index (κ3) is 1.87. The van der Waals surface area contributed by atoms with Crippen LogP contribution in [0.25, 0.3) is 0 Å². The van der Waals surface area contributed by atoms with Gasteiger partial charge in [-0.1, -0.05) is 20.3 Å². The molecule has 2 bridgehead atoms. The molecule has 3 fully saturated rings. The van der Waals surface area contributed by atoms with Gasteiger partial charge in [-0.05, 0) is 49.9 Å². The van der Waals surface area contributed by atoms with E-state index in [1.54, 1.807) is 0 Å². The molecule has 5 atom stereocenters. The van der Waals surface area contributed by atoms with Crippen LogP contribution in [0.1, 0.15) is 46.5 Å². The summed E-state index contributed by atoms with van der Waals surface area (Å²) in [5, 5.41) is 3.38. The summed E-state index contributed by atoms with van der Waals surface area (Å²) >= 11 is 0. The standard InChI is InChI=1S/C15H26N2O/c1-9(2)15-16-8-14(18)17(15)10(3)13-7-11-4-5-12(13)6-11/h9-13,15-16H,4-8H2,1-3H3. The van der Waals surface area contributed by atoms with E-state index in [4.69, 9.17) is 0 Å². The monoisotopic (exact) mass is 250 g/mol. The molecule has 0 radical (unpaired) electrons. The van der Waals surface area contributed by atoms with Crippen LogP contribution < -0.4 is 5.32 Å². The lowest BCUT2D eigenvalue weighted by molar-refractivity contribution is -0.132. The van der Waals surface area contributed by atoms with Crippen LogP contribution in [-0.2, 0) is 4.79 Å². The van der Waals surface area contributed by atoms with Gasteiger partial charge >= 0.3 is 0 Å². The first-order valence-electron chi connectivity index (χ1n) is 7.62. The summed E-state index contributed by atoms with van der Waals surface area (Å²) in [6.07, 6.45) is 5.89. The highest BCUT2D eigenvalue weighted by atomic mass is 16.2. The van der Waals surface area contributed by atoms with Gasteiger partial charge in [0.05, 0.1) is 12.7 Å². The average Bonchev–Trinajstić information content (AvgIpc) is 3.01. The molecule has 1 N–H and O–H groups in total. The highest BCUT2D eigenvalue weighted by molar-refractivity contribution is 5.81. The predicted octanol–water partition coefficient (Wildman–Crippen LogP) is 2.22. The molecule has 0 aromatic carbocycles.